The van der Waals surface area contributed by atoms with E-state index in [1.807, 2.05) is 24.4 Å². The maximum Gasteiger partial charge on any atom is 0.160 e. The summed E-state index contributed by atoms with van der Waals surface area (Å²) in [6.45, 7) is 0.775. The fourth-order valence-electron chi connectivity index (χ4n) is 1.92. The summed E-state index contributed by atoms with van der Waals surface area (Å²) in [5.41, 5.74) is 9.65. The molecular weight excluding hydrogens is 242 g/mol. The van der Waals surface area contributed by atoms with Gasteiger partial charge in [-0.1, -0.05) is 6.07 Å². The predicted molar refractivity (Wildman–Crippen MR) is 72.6 cm³/mol. The molecule has 1 aromatic carbocycles. The molecule has 0 unspecified atom stereocenters. The third-order valence-corrected chi connectivity index (χ3v) is 2.90. The molecule has 0 aliphatic rings. The van der Waals surface area contributed by atoms with Crippen molar-refractivity contribution in [3.63, 3.8) is 0 Å². The highest BCUT2D eigenvalue weighted by molar-refractivity contribution is 5.94. The molecule has 96 valence electrons. The summed E-state index contributed by atoms with van der Waals surface area (Å²) in [6, 6.07) is 7.65. The fourth-order valence-corrected chi connectivity index (χ4v) is 1.92. The summed E-state index contributed by atoms with van der Waals surface area (Å²) in [5.74, 6) is 0. The van der Waals surface area contributed by atoms with Crippen LogP contribution in [0.15, 0.2) is 41.3 Å². The van der Waals surface area contributed by atoms with Crippen molar-refractivity contribution in [3.8, 4) is 0 Å². The van der Waals surface area contributed by atoms with Crippen LogP contribution in [0.3, 0.4) is 0 Å². The molecule has 6 nitrogen and oxygen atoms in total. The Kier molecular flexibility index (Phi) is 2.97. The number of nitrogens with two attached hydrogens (primary N) is 1. The topological polar surface area (TPSA) is 89.9 Å². The number of nitrogen functional groups attached to an aromatic ring is 1. The van der Waals surface area contributed by atoms with E-state index in [2.05, 4.69) is 20.6 Å². The summed E-state index contributed by atoms with van der Waals surface area (Å²) in [4.78, 5) is 4.08. The monoisotopic (exact) mass is 255 g/mol. The second-order valence-corrected chi connectivity index (χ2v) is 4.20. The SMILES string of the molecule is Nc1ccc(NCCc2cccnc2)c2nonc12. The third kappa shape index (κ3) is 2.33. The first-order chi connectivity index (χ1) is 9.34. The Hall–Kier alpha value is -2.63. The van der Waals surface area contributed by atoms with Gasteiger partial charge < -0.3 is 11.1 Å². The molecule has 0 aliphatic carbocycles. The van der Waals surface area contributed by atoms with Gasteiger partial charge in [-0.25, -0.2) is 4.63 Å². The minimum atomic E-state index is 0.564. The van der Waals surface area contributed by atoms with Crippen molar-refractivity contribution < 1.29 is 4.63 Å². The highest BCUT2D eigenvalue weighted by Crippen LogP contribution is 2.24. The van der Waals surface area contributed by atoms with Crippen LogP contribution in [0.5, 0.6) is 0 Å². The van der Waals surface area contributed by atoms with E-state index in [1.165, 1.54) is 5.56 Å². The predicted octanol–water partition coefficient (Wildman–Crippen LogP) is 1.85. The molecule has 2 aromatic heterocycles. The number of hydrogen-bond acceptors (Lipinski definition) is 6. The van der Waals surface area contributed by atoms with Gasteiger partial charge in [-0.2, -0.15) is 0 Å². The number of aromatic nitrogens is 3. The molecule has 0 spiro atoms. The molecule has 0 amide bonds. The number of rotatable bonds is 4. The van der Waals surface area contributed by atoms with Crippen molar-refractivity contribution >= 4 is 22.4 Å². The van der Waals surface area contributed by atoms with E-state index in [-0.39, 0.29) is 0 Å². The Bertz CT molecular complexity index is 680. The van der Waals surface area contributed by atoms with Gasteiger partial charge in [0.15, 0.2) is 11.0 Å². The van der Waals surface area contributed by atoms with Crippen LogP contribution in [0.4, 0.5) is 11.4 Å². The van der Waals surface area contributed by atoms with Gasteiger partial charge in [0.05, 0.1) is 11.4 Å². The van der Waals surface area contributed by atoms with E-state index < -0.39 is 0 Å². The zero-order valence-corrected chi connectivity index (χ0v) is 10.2. The molecule has 0 atom stereocenters. The van der Waals surface area contributed by atoms with Crippen LogP contribution in [0.25, 0.3) is 11.0 Å². The molecule has 0 fully saturated rings. The van der Waals surface area contributed by atoms with Crippen LogP contribution in [-0.2, 0) is 6.42 Å². The van der Waals surface area contributed by atoms with Crippen molar-refractivity contribution in [3.05, 3.63) is 42.2 Å². The van der Waals surface area contributed by atoms with Crippen LogP contribution in [0, 0.1) is 0 Å². The normalized spacial score (nSPS) is 10.7. The summed E-state index contributed by atoms with van der Waals surface area (Å²) >= 11 is 0. The van der Waals surface area contributed by atoms with Gasteiger partial charge in [-0.3, -0.25) is 4.98 Å². The van der Waals surface area contributed by atoms with Crippen LogP contribution < -0.4 is 11.1 Å². The summed E-state index contributed by atoms with van der Waals surface area (Å²) in [7, 11) is 0. The standard InChI is InChI=1S/C13H13N5O/c14-10-3-4-11(13-12(10)17-19-18-13)16-7-5-9-2-1-6-15-8-9/h1-4,6,8,16H,5,7,14H2. The van der Waals surface area contributed by atoms with Gasteiger partial charge >= 0.3 is 0 Å². The Morgan fingerprint density at radius 3 is 2.89 bits per heavy atom. The van der Waals surface area contributed by atoms with Crippen LogP contribution in [0.1, 0.15) is 5.56 Å². The van der Waals surface area contributed by atoms with E-state index in [0.29, 0.717) is 16.7 Å². The Morgan fingerprint density at radius 2 is 2.05 bits per heavy atom. The molecule has 3 N–H and O–H groups in total. The van der Waals surface area contributed by atoms with Gasteiger partial charge in [-0.15, -0.1) is 0 Å². The molecule has 0 aliphatic heterocycles. The van der Waals surface area contributed by atoms with Gasteiger partial charge in [-0.05, 0) is 40.5 Å². The fraction of sp³-hybridized carbons (Fsp3) is 0.154. The lowest BCUT2D eigenvalue weighted by atomic mass is 10.2. The number of anilines is 2. The maximum absolute atomic E-state index is 5.79. The van der Waals surface area contributed by atoms with Gasteiger partial charge in [0.1, 0.15) is 0 Å². The van der Waals surface area contributed by atoms with Crippen molar-refractivity contribution in [1.82, 2.24) is 15.3 Å². The smallest absolute Gasteiger partial charge is 0.160 e. The van der Waals surface area contributed by atoms with E-state index in [4.69, 9.17) is 10.4 Å². The van der Waals surface area contributed by atoms with E-state index in [0.717, 1.165) is 18.7 Å². The first-order valence-corrected chi connectivity index (χ1v) is 5.98. The molecule has 0 radical (unpaired) electrons. The minimum absolute atomic E-state index is 0.564. The zero-order valence-electron chi connectivity index (χ0n) is 10.2. The number of fused-ring (bicyclic) bond motifs is 1. The van der Waals surface area contributed by atoms with Crippen molar-refractivity contribution in [2.24, 2.45) is 0 Å². The number of hydrogen-bond donors (Lipinski definition) is 2. The highest BCUT2D eigenvalue weighted by atomic mass is 16.6. The number of pyridine rings is 1. The second kappa shape index (κ2) is 4.93. The van der Waals surface area contributed by atoms with Crippen LogP contribution in [0.2, 0.25) is 0 Å². The first-order valence-electron chi connectivity index (χ1n) is 5.98. The Balaban J connectivity index is 1.72. The molecular formula is C13H13N5O. The minimum Gasteiger partial charge on any atom is -0.397 e. The van der Waals surface area contributed by atoms with Gasteiger partial charge in [0, 0.05) is 18.9 Å². The van der Waals surface area contributed by atoms with E-state index in [1.54, 1.807) is 12.3 Å². The molecule has 3 rings (SSSR count). The van der Waals surface area contributed by atoms with Crippen LogP contribution >= 0.6 is 0 Å². The zero-order chi connectivity index (χ0) is 13.1. The van der Waals surface area contributed by atoms with E-state index in [9.17, 15) is 0 Å². The molecule has 2 heterocycles. The molecule has 0 saturated carbocycles. The molecule has 3 aromatic rings. The number of nitrogens with zero attached hydrogens (tertiary/aromatic N) is 3. The summed E-state index contributed by atoms with van der Waals surface area (Å²) < 4.78 is 4.72. The molecule has 0 bridgehead atoms. The summed E-state index contributed by atoms with van der Waals surface area (Å²) in [6.07, 6.45) is 4.50. The maximum atomic E-state index is 5.79. The van der Waals surface area contributed by atoms with Crippen molar-refractivity contribution in [1.29, 1.82) is 0 Å². The molecule has 19 heavy (non-hydrogen) atoms. The quantitative estimate of drug-likeness (QED) is 0.691. The number of benzene rings is 1. The first kappa shape index (κ1) is 11.5. The largest absolute Gasteiger partial charge is 0.397 e. The summed E-state index contributed by atoms with van der Waals surface area (Å²) in [5, 5.41) is 11.0. The molecule has 6 heteroatoms. The van der Waals surface area contributed by atoms with Crippen molar-refractivity contribution in [2.45, 2.75) is 6.42 Å². The Labute approximate surface area is 109 Å². The lowest BCUT2D eigenvalue weighted by Gasteiger charge is -2.06. The lowest BCUT2D eigenvalue weighted by Crippen LogP contribution is -2.05. The highest BCUT2D eigenvalue weighted by Gasteiger charge is 2.09. The van der Waals surface area contributed by atoms with E-state index >= 15 is 0 Å². The third-order valence-electron chi connectivity index (χ3n) is 2.90. The molecule has 0 saturated heterocycles. The average molecular weight is 255 g/mol. The van der Waals surface area contributed by atoms with Crippen LogP contribution in [-0.4, -0.2) is 21.8 Å². The Morgan fingerprint density at radius 1 is 1.16 bits per heavy atom. The average Bonchev–Trinajstić information content (AvgIpc) is 2.93. The van der Waals surface area contributed by atoms with Gasteiger partial charge in [0.2, 0.25) is 0 Å². The lowest BCUT2D eigenvalue weighted by molar-refractivity contribution is 0.316. The van der Waals surface area contributed by atoms with Gasteiger partial charge in [0.25, 0.3) is 0 Å². The number of nitrogens with one attached hydrogen (secondary N) is 1. The second-order valence-electron chi connectivity index (χ2n) is 4.20. The van der Waals surface area contributed by atoms with Crippen molar-refractivity contribution in [2.75, 3.05) is 17.6 Å².